The number of rotatable bonds is 6. The Bertz CT molecular complexity index is 387. The molecule has 0 radical (unpaired) electrons. The number of hydrogen-bond acceptors (Lipinski definition) is 3. The van der Waals surface area contributed by atoms with Gasteiger partial charge in [-0.25, -0.2) is 4.79 Å². The van der Waals surface area contributed by atoms with Crippen molar-refractivity contribution >= 4 is 11.8 Å². The lowest BCUT2D eigenvalue weighted by Crippen LogP contribution is -2.45. The molecule has 0 aliphatic heterocycles. The quantitative estimate of drug-likeness (QED) is 0.728. The topological polar surface area (TPSA) is 66.4 Å². The minimum atomic E-state index is -1.39. The van der Waals surface area contributed by atoms with Crippen LogP contribution in [0.25, 0.3) is 0 Å². The number of ketones is 1. The Morgan fingerprint density at radius 1 is 1.24 bits per heavy atom. The van der Waals surface area contributed by atoms with E-state index in [9.17, 15) is 9.59 Å². The van der Waals surface area contributed by atoms with E-state index >= 15 is 0 Å². The molecule has 0 fully saturated rings. The Labute approximate surface area is 101 Å². The highest BCUT2D eigenvalue weighted by molar-refractivity contribution is 6.34. The summed E-state index contributed by atoms with van der Waals surface area (Å²) < 4.78 is 0. The van der Waals surface area contributed by atoms with Gasteiger partial charge in [-0.15, -0.1) is 0 Å². The fourth-order valence-corrected chi connectivity index (χ4v) is 1.63. The van der Waals surface area contributed by atoms with Crippen molar-refractivity contribution in [3.8, 4) is 0 Å². The van der Waals surface area contributed by atoms with Crippen molar-refractivity contribution in [3.05, 3.63) is 35.9 Å². The summed E-state index contributed by atoms with van der Waals surface area (Å²) in [6, 6.07) is 8.77. The molecule has 0 bridgehead atoms. The molecule has 0 saturated heterocycles. The van der Waals surface area contributed by atoms with E-state index in [2.05, 4.69) is 5.32 Å². The van der Waals surface area contributed by atoms with Gasteiger partial charge in [-0.2, -0.15) is 0 Å². The maximum Gasteiger partial charge on any atom is 0.373 e. The lowest BCUT2D eigenvalue weighted by atomic mass is 10.0. The molecule has 0 saturated carbocycles. The number of Topliss-reactive ketones (excluding diaryl/α,β-unsaturated/α-hetero) is 1. The third kappa shape index (κ3) is 4.36. The number of carboxylic acids is 1. The number of benzene rings is 1. The van der Waals surface area contributed by atoms with Crippen LogP contribution in [0.15, 0.2) is 30.3 Å². The molecule has 1 atom stereocenters. The minimum Gasteiger partial charge on any atom is -0.475 e. The van der Waals surface area contributed by atoms with Gasteiger partial charge in [0.25, 0.3) is 5.78 Å². The zero-order valence-corrected chi connectivity index (χ0v) is 10.0. The third-order valence-corrected chi connectivity index (χ3v) is 2.34. The largest absolute Gasteiger partial charge is 0.475 e. The molecule has 4 nitrogen and oxygen atoms in total. The molecule has 1 rings (SSSR count). The zero-order chi connectivity index (χ0) is 12.8. The first-order valence-electron chi connectivity index (χ1n) is 5.58. The molecular formula is C13H17NO3. The average Bonchev–Trinajstić information content (AvgIpc) is 2.28. The van der Waals surface area contributed by atoms with E-state index in [1.807, 2.05) is 44.2 Å². The van der Waals surface area contributed by atoms with Crippen LogP contribution in [0.1, 0.15) is 19.4 Å². The number of carboxylic acid groups (broad SMARTS) is 1. The molecule has 1 aromatic carbocycles. The molecule has 4 heteroatoms. The summed E-state index contributed by atoms with van der Waals surface area (Å²) >= 11 is 0. The Morgan fingerprint density at radius 3 is 2.29 bits per heavy atom. The van der Waals surface area contributed by atoms with Gasteiger partial charge in [0.15, 0.2) is 0 Å². The maximum atomic E-state index is 11.5. The Kier molecular flexibility index (Phi) is 4.84. The number of aliphatic carboxylic acids is 1. The highest BCUT2D eigenvalue weighted by Crippen LogP contribution is 2.05. The highest BCUT2D eigenvalue weighted by atomic mass is 16.4. The predicted octanol–water partition coefficient (Wildman–Crippen LogP) is 1.25. The van der Waals surface area contributed by atoms with Gasteiger partial charge in [0.05, 0.1) is 6.04 Å². The Balaban J connectivity index is 2.77. The molecule has 92 valence electrons. The van der Waals surface area contributed by atoms with E-state index in [1.54, 1.807) is 0 Å². The maximum absolute atomic E-state index is 11.5. The van der Waals surface area contributed by atoms with Crippen LogP contribution in [0.2, 0.25) is 0 Å². The van der Waals surface area contributed by atoms with Crippen molar-refractivity contribution in [2.24, 2.45) is 0 Å². The third-order valence-electron chi connectivity index (χ3n) is 2.34. The second kappa shape index (κ2) is 6.15. The molecule has 0 aliphatic rings. The van der Waals surface area contributed by atoms with Gasteiger partial charge in [0.2, 0.25) is 0 Å². The molecule has 0 unspecified atom stereocenters. The van der Waals surface area contributed by atoms with Gasteiger partial charge in [-0.3, -0.25) is 4.79 Å². The number of nitrogens with one attached hydrogen (secondary N) is 1. The van der Waals surface area contributed by atoms with Gasteiger partial charge in [0.1, 0.15) is 0 Å². The normalized spacial score (nSPS) is 12.4. The van der Waals surface area contributed by atoms with E-state index in [4.69, 9.17) is 5.11 Å². The fourth-order valence-electron chi connectivity index (χ4n) is 1.63. The summed E-state index contributed by atoms with van der Waals surface area (Å²) in [5.41, 5.74) is 0.945. The summed E-state index contributed by atoms with van der Waals surface area (Å²) in [5.74, 6) is -2.18. The lowest BCUT2D eigenvalue weighted by molar-refractivity contribution is -0.150. The van der Waals surface area contributed by atoms with Crippen molar-refractivity contribution in [2.45, 2.75) is 32.4 Å². The first kappa shape index (κ1) is 13.4. The van der Waals surface area contributed by atoms with Crippen LogP contribution in [0.3, 0.4) is 0 Å². The van der Waals surface area contributed by atoms with Crippen LogP contribution in [-0.2, 0) is 16.0 Å². The van der Waals surface area contributed by atoms with Crippen molar-refractivity contribution in [1.82, 2.24) is 5.32 Å². The summed E-state index contributed by atoms with van der Waals surface area (Å²) in [4.78, 5) is 22.2. The first-order chi connectivity index (χ1) is 8.00. The van der Waals surface area contributed by atoms with Gasteiger partial charge in [-0.05, 0) is 12.0 Å². The minimum absolute atomic E-state index is 0.0620. The van der Waals surface area contributed by atoms with Crippen LogP contribution in [0.4, 0.5) is 0 Å². The Morgan fingerprint density at radius 2 is 1.82 bits per heavy atom. The van der Waals surface area contributed by atoms with Crippen LogP contribution in [-0.4, -0.2) is 28.9 Å². The summed E-state index contributed by atoms with van der Waals surface area (Å²) in [6.45, 7) is 3.76. The van der Waals surface area contributed by atoms with E-state index in [1.165, 1.54) is 0 Å². The van der Waals surface area contributed by atoms with Crippen molar-refractivity contribution in [1.29, 1.82) is 0 Å². The molecule has 1 aromatic rings. The van der Waals surface area contributed by atoms with Crippen LogP contribution in [0.5, 0.6) is 0 Å². The van der Waals surface area contributed by atoms with Crippen molar-refractivity contribution < 1.29 is 14.7 Å². The second-order valence-corrected chi connectivity index (χ2v) is 4.23. The van der Waals surface area contributed by atoms with Gasteiger partial charge < -0.3 is 10.4 Å². The summed E-state index contributed by atoms with van der Waals surface area (Å²) in [7, 11) is 0. The van der Waals surface area contributed by atoms with E-state index in [0.29, 0.717) is 6.42 Å². The molecule has 2 N–H and O–H groups in total. The average molecular weight is 235 g/mol. The smallest absolute Gasteiger partial charge is 0.373 e. The second-order valence-electron chi connectivity index (χ2n) is 4.23. The summed E-state index contributed by atoms with van der Waals surface area (Å²) in [6.07, 6.45) is 0.393. The van der Waals surface area contributed by atoms with Gasteiger partial charge >= 0.3 is 5.97 Å². The standard InChI is InChI=1S/C13H17NO3/c1-9(2)14-11(12(15)13(16)17)8-10-6-4-3-5-7-10/h3-7,9,11,14H,8H2,1-2H3,(H,16,17)/t11-/m0/s1. The van der Waals surface area contributed by atoms with E-state index in [0.717, 1.165) is 5.56 Å². The van der Waals surface area contributed by atoms with Gasteiger partial charge in [0, 0.05) is 6.04 Å². The zero-order valence-electron chi connectivity index (χ0n) is 10.0. The van der Waals surface area contributed by atoms with Crippen LogP contribution in [0, 0.1) is 0 Å². The van der Waals surface area contributed by atoms with Crippen LogP contribution >= 0.6 is 0 Å². The lowest BCUT2D eigenvalue weighted by Gasteiger charge is -2.18. The fraction of sp³-hybridized carbons (Fsp3) is 0.385. The predicted molar refractivity (Wildman–Crippen MR) is 64.8 cm³/mol. The monoisotopic (exact) mass is 235 g/mol. The Hall–Kier alpha value is -1.68. The van der Waals surface area contributed by atoms with E-state index in [-0.39, 0.29) is 6.04 Å². The molecule has 17 heavy (non-hydrogen) atoms. The molecule has 0 amide bonds. The number of hydrogen-bond donors (Lipinski definition) is 2. The number of carbonyl (C=O) groups is 2. The van der Waals surface area contributed by atoms with Crippen LogP contribution < -0.4 is 5.32 Å². The molecule has 0 spiro atoms. The van der Waals surface area contributed by atoms with Crippen molar-refractivity contribution in [3.63, 3.8) is 0 Å². The number of carbonyl (C=O) groups excluding carboxylic acids is 1. The highest BCUT2D eigenvalue weighted by Gasteiger charge is 2.25. The SMILES string of the molecule is CC(C)N[C@@H](Cc1ccccc1)C(=O)C(=O)O. The molecule has 0 heterocycles. The molecule has 0 aliphatic carbocycles. The van der Waals surface area contributed by atoms with Gasteiger partial charge in [-0.1, -0.05) is 44.2 Å². The molecular weight excluding hydrogens is 218 g/mol. The summed E-state index contributed by atoms with van der Waals surface area (Å²) in [5, 5.41) is 11.7. The molecule has 0 aromatic heterocycles. The van der Waals surface area contributed by atoms with Crippen molar-refractivity contribution in [2.75, 3.05) is 0 Å². The van der Waals surface area contributed by atoms with E-state index < -0.39 is 17.8 Å². The first-order valence-corrected chi connectivity index (χ1v) is 5.58.